The van der Waals surface area contributed by atoms with Gasteiger partial charge in [0.05, 0.1) is 11.5 Å². The Balaban J connectivity index is 2.66. The summed E-state index contributed by atoms with van der Waals surface area (Å²) in [6, 6.07) is 7.53. The Bertz CT molecular complexity index is 582. The van der Waals surface area contributed by atoms with E-state index in [-0.39, 0.29) is 10.6 Å². The highest BCUT2D eigenvalue weighted by Gasteiger charge is 2.12. The summed E-state index contributed by atoms with van der Waals surface area (Å²) < 4.78 is 0. The average Bonchev–Trinajstić information content (AvgIpc) is 2.62. The quantitative estimate of drug-likeness (QED) is 0.197. The molecule has 27 heavy (non-hydrogen) atoms. The van der Waals surface area contributed by atoms with E-state index in [0.717, 1.165) is 36.9 Å². The molecule has 8 heteroatoms. The number of nitro benzene ring substituents is 1. The lowest BCUT2D eigenvalue weighted by Crippen LogP contribution is -2.45. The summed E-state index contributed by atoms with van der Waals surface area (Å²) in [5.41, 5.74) is 1.04. The number of benzene rings is 1. The summed E-state index contributed by atoms with van der Waals surface area (Å²) in [7, 11) is 0. The molecule has 0 saturated carbocycles. The number of nitrogens with zero attached hydrogens (tertiary/aromatic N) is 3. The summed E-state index contributed by atoms with van der Waals surface area (Å²) in [5.74, 6) is 1.78. The van der Waals surface area contributed by atoms with Crippen LogP contribution in [0.1, 0.15) is 33.3 Å². The first-order chi connectivity index (χ1) is 12.8. The summed E-state index contributed by atoms with van der Waals surface area (Å²) in [6.07, 6.45) is 2.08. The number of nitro groups is 1. The average molecular weight is 396 g/mol. The normalized spacial score (nSPS) is 12.1. The van der Waals surface area contributed by atoms with E-state index in [9.17, 15) is 10.1 Å². The van der Waals surface area contributed by atoms with Crippen LogP contribution in [0, 0.1) is 10.1 Å². The standard InChI is InChI=1S/C19H33N5O2S/c1-15(2)23(16(3)4)12-10-20-19(21-11-13-27-5)22-14-17-6-8-18(9-7-17)24(25)26/h6-9,15-16H,10-14H2,1-5H3,(H2,20,21,22). The van der Waals surface area contributed by atoms with Crippen molar-refractivity contribution < 1.29 is 4.92 Å². The number of thioether (sulfide) groups is 1. The monoisotopic (exact) mass is 395 g/mol. The Kier molecular flexibility index (Phi) is 10.8. The maximum atomic E-state index is 10.7. The predicted molar refractivity (Wildman–Crippen MR) is 116 cm³/mol. The number of hydrogen-bond acceptors (Lipinski definition) is 5. The summed E-state index contributed by atoms with van der Waals surface area (Å²) in [5, 5.41) is 17.5. The van der Waals surface area contributed by atoms with E-state index in [4.69, 9.17) is 0 Å². The highest BCUT2D eigenvalue weighted by atomic mass is 32.2. The number of rotatable bonds is 11. The summed E-state index contributed by atoms with van der Waals surface area (Å²) in [6.45, 7) is 11.9. The van der Waals surface area contributed by atoms with E-state index >= 15 is 0 Å². The van der Waals surface area contributed by atoms with Crippen molar-refractivity contribution in [2.45, 2.75) is 46.3 Å². The van der Waals surface area contributed by atoms with Gasteiger partial charge in [-0.05, 0) is 39.5 Å². The van der Waals surface area contributed by atoms with E-state index in [1.54, 1.807) is 23.9 Å². The minimum Gasteiger partial charge on any atom is -0.356 e. The zero-order valence-corrected chi connectivity index (χ0v) is 17.9. The van der Waals surface area contributed by atoms with Crippen LogP contribution in [0.25, 0.3) is 0 Å². The van der Waals surface area contributed by atoms with Crippen LogP contribution in [0.15, 0.2) is 29.3 Å². The Labute approximate surface area is 167 Å². The lowest BCUT2D eigenvalue weighted by atomic mass is 10.2. The van der Waals surface area contributed by atoms with Gasteiger partial charge in [-0.1, -0.05) is 12.1 Å². The van der Waals surface area contributed by atoms with E-state index in [0.29, 0.717) is 18.6 Å². The van der Waals surface area contributed by atoms with Gasteiger partial charge in [-0.3, -0.25) is 15.0 Å². The molecule has 0 fully saturated rings. The molecule has 0 aliphatic carbocycles. The second-order valence-corrected chi connectivity index (χ2v) is 7.85. The predicted octanol–water partition coefficient (Wildman–Crippen LogP) is 3.11. The Morgan fingerprint density at radius 3 is 2.26 bits per heavy atom. The molecule has 1 rings (SSSR count). The third kappa shape index (κ3) is 9.10. The molecule has 0 bridgehead atoms. The SMILES string of the molecule is CSCCNC(=NCc1ccc([N+](=O)[O-])cc1)NCCN(C(C)C)C(C)C. The maximum Gasteiger partial charge on any atom is 0.269 e. The molecule has 152 valence electrons. The molecule has 0 aliphatic rings. The third-order valence-electron chi connectivity index (χ3n) is 4.15. The fourth-order valence-corrected chi connectivity index (χ4v) is 3.06. The molecule has 0 amide bonds. The van der Waals surface area contributed by atoms with E-state index in [2.05, 4.69) is 54.5 Å². The van der Waals surface area contributed by atoms with Gasteiger partial charge in [-0.2, -0.15) is 11.8 Å². The fourth-order valence-electron chi connectivity index (χ4n) is 2.76. The summed E-state index contributed by atoms with van der Waals surface area (Å²) in [4.78, 5) is 17.4. The van der Waals surface area contributed by atoms with Crippen molar-refractivity contribution in [2.75, 3.05) is 31.6 Å². The minimum atomic E-state index is -0.390. The van der Waals surface area contributed by atoms with Crippen molar-refractivity contribution in [3.05, 3.63) is 39.9 Å². The van der Waals surface area contributed by atoms with Crippen molar-refractivity contribution in [3.63, 3.8) is 0 Å². The minimum absolute atomic E-state index is 0.0987. The third-order valence-corrected chi connectivity index (χ3v) is 4.77. The van der Waals surface area contributed by atoms with Gasteiger partial charge in [0.25, 0.3) is 5.69 Å². The molecule has 0 aromatic heterocycles. The molecule has 1 aromatic rings. The number of aliphatic imine (C=N–C) groups is 1. The number of hydrogen-bond donors (Lipinski definition) is 2. The molecule has 0 spiro atoms. The van der Waals surface area contributed by atoms with Crippen molar-refractivity contribution >= 4 is 23.4 Å². The van der Waals surface area contributed by atoms with Crippen LogP contribution in [0.3, 0.4) is 0 Å². The molecule has 0 unspecified atom stereocenters. The lowest BCUT2D eigenvalue weighted by molar-refractivity contribution is -0.384. The molecule has 1 aromatic carbocycles. The van der Waals surface area contributed by atoms with Crippen LogP contribution in [0.2, 0.25) is 0 Å². The van der Waals surface area contributed by atoms with Crippen LogP contribution >= 0.6 is 11.8 Å². The van der Waals surface area contributed by atoms with Gasteiger partial charge in [0.1, 0.15) is 0 Å². The van der Waals surface area contributed by atoms with E-state index in [1.807, 2.05) is 0 Å². The molecule has 2 N–H and O–H groups in total. The van der Waals surface area contributed by atoms with Gasteiger partial charge in [0.2, 0.25) is 0 Å². The highest BCUT2D eigenvalue weighted by Crippen LogP contribution is 2.12. The van der Waals surface area contributed by atoms with Gasteiger partial charge in [-0.25, -0.2) is 4.99 Å². The molecule has 0 radical (unpaired) electrons. The van der Waals surface area contributed by atoms with Crippen LogP contribution in [0.5, 0.6) is 0 Å². The van der Waals surface area contributed by atoms with E-state index in [1.165, 1.54) is 12.1 Å². The molecular formula is C19H33N5O2S. The Morgan fingerprint density at radius 2 is 1.74 bits per heavy atom. The molecule has 0 aliphatic heterocycles. The second kappa shape index (κ2) is 12.6. The fraction of sp³-hybridized carbons (Fsp3) is 0.632. The highest BCUT2D eigenvalue weighted by molar-refractivity contribution is 7.98. The van der Waals surface area contributed by atoms with Gasteiger partial charge in [0, 0.05) is 49.6 Å². The van der Waals surface area contributed by atoms with Crippen molar-refractivity contribution in [2.24, 2.45) is 4.99 Å². The van der Waals surface area contributed by atoms with Crippen molar-refractivity contribution in [3.8, 4) is 0 Å². The lowest BCUT2D eigenvalue weighted by Gasteiger charge is -2.30. The number of nitrogens with one attached hydrogen (secondary N) is 2. The summed E-state index contributed by atoms with van der Waals surface area (Å²) >= 11 is 1.78. The second-order valence-electron chi connectivity index (χ2n) is 6.86. The van der Waals surface area contributed by atoms with Gasteiger partial charge >= 0.3 is 0 Å². The first kappa shape index (κ1) is 23.2. The zero-order valence-electron chi connectivity index (χ0n) is 17.1. The maximum absolute atomic E-state index is 10.7. The van der Waals surface area contributed by atoms with Crippen LogP contribution in [-0.4, -0.2) is 59.5 Å². The van der Waals surface area contributed by atoms with Crippen LogP contribution < -0.4 is 10.6 Å². The Hall–Kier alpha value is -1.80. The smallest absolute Gasteiger partial charge is 0.269 e. The largest absolute Gasteiger partial charge is 0.356 e. The van der Waals surface area contributed by atoms with Gasteiger partial charge in [0.15, 0.2) is 5.96 Å². The topological polar surface area (TPSA) is 82.8 Å². The Morgan fingerprint density at radius 1 is 1.15 bits per heavy atom. The molecular weight excluding hydrogens is 362 g/mol. The molecule has 7 nitrogen and oxygen atoms in total. The van der Waals surface area contributed by atoms with Crippen molar-refractivity contribution in [1.29, 1.82) is 0 Å². The van der Waals surface area contributed by atoms with Crippen molar-refractivity contribution in [1.82, 2.24) is 15.5 Å². The number of guanidine groups is 1. The van der Waals surface area contributed by atoms with E-state index < -0.39 is 0 Å². The first-order valence-corrected chi connectivity index (χ1v) is 10.7. The van der Waals surface area contributed by atoms with Gasteiger partial charge < -0.3 is 10.6 Å². The first-order valence-electron chi connectivity index (χ1n) is 9.35. The number of non-ortho nitro benzene ring substituents is 1. The molecule has 0 atom stereocenters. The molecule has 0 heterocycles. The zero-order chi connectivity index (χ0) is 20.2. The molecule has 0 saturated heterocycles. The van der Waals surface area contributed by atoms with Crippen LogP contribution in [-0.2, 0) is 6.54 Å². The van der Waals surface area contributed by atoms with Gasteiger partial charge in [-0.15, -0.1) is 0 Å². The van der Waals surface area contributed by atoms with Crippen LogP contribution in [0.4, 0.5) is 5.69 Å².